The van der Waals surface area contributed by atoms with Crippen LogP contribution in [0.3, 0.4) is 0 Å². The third-order valence-corrected chi connectivity index (χ3v) is 5.17. The van der Waals surface area contributed by atoms with E-state index in [2.05, 4.69) is 11.9 Å². The lowest BCUT2D eigenvalue weighted by Crippen LogP contribution is -2.18. The molecule has 138 valence electrons. The minimum Gasteiger partial charge on any atom is -0.371 e. The number of halogens is 3. The standard InChI is InChI=1S/C21H23ClF2N2/c1-4-13(2)9-19-14(3)10-16(22)21(25-19)20-17(23)11-15(12-18(20)24)26-7-5-6-8-26/h9-12H,4-8H2,1-3H3/b13-9+. The van der Waals surface area contributed by atoms with Crippen molar-refractivity contribution in [3.8, 4) is 11.3 Å². The highest BCUT2D eigenvalue weighted by atomic mass is 35.5. The molecular formula is C21H23ClF2N2. The Bertz CT molecular complexity index is 832. The Kier molecular flexibility index (Phi) is 5.61. The molecule has 0 saturated carbocycles. The highest BCUT2D eigenvalue weighted by Gasteiger charge is 2.21. The molecule has 0 unspecified atom stereocenters. The lowest BCUT2D eigenvalue weighted by molar-refractivity contribution is 0.588. The highest BCUT2D eigenvalue weighted by molar-refractivity contribution is 6.33. The number of hydrogen-bond acceptors (Lipinski definition) is 2. The normalized spacial score (nSPS) is 15.0. The average molecular weight is 377 g/mol. The largest absolute Gasteiger partial charge is 0.371 e. The summed E-state index contributed by atoms with van der Waals surface area (Å²) < 4.78 is 29.6. The zero-order chi connectivity index (χ0) is 18.8. The van der Waals surface area contributed by atoms with Crippen molar-refractivity contribution in [1.82, 2.24) is 4.98 Å². The van der Waals surface area contributed by atoms with Gasteiger partial charge in [-0.3, -0.25) is 0 Å². The molecule has 2 heterocycles. The average Bonchev–Trinajstić information content (AvgIpc) is 3.12. The van der Waals surface area contributed by atoms with Gasteiger partial charge in [0.2, 0.25) is 0 Å². The summed E-state index contributed by atoms with van der Waals surface area (Å²) >= 11 is 6.29. The van der Waals surface area contributed by atoms with E-state index in [-0.39, 0.29) is 16.3 Å². The summed E-state index contributed by atoms with van der Waals surface area (Å²) in [7, 11) is 0. The van der Waals surface area contributed by atoms with Crippen molar-refractivity contribution in [2.24, 2.45) is 0 Å². The molecule has 1 aliphatic rings. The van der Waals surface area contributed by atoms with Crippen LogP contribution < -0.4 is 4.90 Å². The molecule has 0 N–H and O–H groups in total. The van der Waals surface area contributed by atoms with Gasteiger partial charge in [-0.2, -0.15) is 0 Å². The minimum atomic E-state index is -0.632. The van der Waals surface area contributed by atoms with E-state index in [1.807, 2.05) is 24.8 Å². The second-order valence-corrected chi connectivity index (χ2v) is 7.25. The van der Waals surface area contributed by atoms with Gasteiger partial charge in [0, 0.05) is 18.8 Å². The number of allylic oxidation sites excluding steroid dienone is 1. The van der Waals surface area contributed by atoms with Crippen LogP contribution in [-0.2, 0) is 0 Å². The van der Waals surface area contributed by atoms with Gasteiger partial charge in [0.25, 0.3) is 0 Å². The molecule has 3 rings (SSSR count). The van der Waals surface area contributed by atoms with Gasteiger partial charge in [0.15, 0.2) is 0 Å². The number of pyridine rings is 1. The Labute approximate surface area is 158 Å². The molecule has 2 aromatic rings. The van der Waals surface area contributed by atoms with Crippen molar-refractivity contribution in [1.29, 1.82) is 0 Å². The summed E-state index contributed by atoms with van der Waals surface area (Å²) in [4.78, 5) is 6.48. The van der Waals surface area contributed by atoms with E-state index in [9.17, 15) is 8.78 Å². The van der Waals surface area contributed by atoms with Crippen molar-refractivity contribution in [3.05, 3.63) is 51.7 Å². The third-order valence-electron chi connectivity index (χ3n) is 4.88. The number of hydrogen-bond donors (Lipinski definition) is 0. The molecule has 0 bridgehead atoms. The van der Waals surface area contributed by atoms with Crippen molar-refractivity contribution in [2.45, 2.75) is 40.0 Å². The van der Waals surface area contributed by atoms with Crippen LogP contribution in [0.4, 0.5) is 14.5 Å². The van der Waals surface area contributed by atoms with Gasteiger partial charge < -0.3 is 4.90 Å². The smallest absolute Gasteiger partial charge is 0.137 e. The van der Waals surface area contributed by atoms with Gasteiger partial charge in [0.1, 0.15) is 11.6 Å². The maximum absolute atomic E-state index is 14.8. The number of aryl methyl sites for hydroxylation is 1. The molecule has 1 aliphatic heterocycles. The lowest BCUT2D eigenvalue weighted by atomic mass is 10.0. The molecule has 0 spiro atoms. The summed E-state index contributed by atoms with van der Waals surface area (Å²) in [6, 6.07) is 4.48. The summed E-state index contributed by atoms with van der Waals surface area (Å²) in [5.74, 6) is -1.26. The molecule has 5 heteroatoms. The van der Waals surface area contributed by atoms with Crippen LogP contribution in [0.25, 0.3) is 17.3 Å². The highest BCUT2D eigenvalue weighted by Crippen LogP contribution is 2.35. The number of anilines is 1. The van der Waals surface area contributed by atoms with Crippen LogP contribution >= 0.6 is 11.6 Å². The maximum atomic E-state index is 14.8. The monoisotopic (exact) mass is 376 g/mol. The Morgan fingerprint density at radius 2 is 1.81 bits per heavy atom. The fourth-order valence-electron chi connectivity index (χ4n) is 3.20. The van der Waals surface area contributed by atoms with Gasteiger partial charge in [-0.05, 0) is 62.9 Å². The molecule has 1 saturated heterocycles. The van der Waals surface area contributed by atoms with Crippen molar-refractivity contribution in [3.63, 3.8) is 0 Å². The Morgan fingerprint density at radius 1 is 1.19 bits per heavy atom. The van der Waals surface area contributed by atoms with Gasteiger partial charge in [-0.15, -0.1) is 0 Å². The lowest BCUT2D eigenvalue weighted by Gasteiger charge is -2.19. The van der Waals surface area contributed by atoms with E-state index in [4.69, 9.17) is 11.6 Å². The molecule has 0 aliphatic carbocycles. The van der Waals surface area contributed by atoms with Gasteiger partial charge in [-0.25, -0.2) is 13.8 Å². The number of aromatic nitrogens is 1. The summed E-state index contributed by atoms with van der Waals surface area (Å²) in [6.07, 6.45) is 4.90. The van der Waals surface area contributed by atoms with Crippen molar-refractivity contribution in [2.75, 3.05) is 18.0 Å². The molecule has 0 atom stereocenters. The van der Waals surface area contributed by atoms with Gasteiger partial charge in [-0.1, -0.05) is 24.1 Å². The maximum Gasteiger partial charge on any atom is 0.137 e. The SMILES string of the molecule is CC/C(C)=C/c1nc(-c2c(F)cc(N3CCCC3)cc2F)c(Cl)cc1C. The Morgan fingerprint density at radius 3 is 2.38 bits per heavy atom. The molecule has 1 aromatic carbocycles. The third kappa shape index (κ3) is 3.75. The van der Waals surface area contributed by atoms with E-state index >= 15 is 0 Å². The number of benzene rings is 1. The van der Waals surface area contributed by atoms with Crippen LogP contribution in [0, 0.1) is 18.6 Å². The quantitative estimate of drug-likeness (QED) is 0.613. The predicted octanol–water partition coefficient (Wildman–Crippen LogP) is 6.40. The Balaban J connectivity index is 2.10. The summed E-state index contributed by atoms with van der Waals surface area (Å²) in [6.45, 7) is 7.59. The van der Waals surface area contributed by atoms with Crippen molar-refractivity contribution < 1.29 is 8.78 Å². The molecule has 1 aromatic heterocycles. The van der Waals surface area contributed by atoms with Crippen LogP contribution in [0.5, 0.6) is 0 Å². The molecule has 0 radical (unpaired) electrons. The van der Waals surface area contributed by atoms with Crippen LogP contribution in [0.1, 0.15) is 44.4 Å². The molecule has 0 amide bonds. The summed E-state index contributed by atoms with van der Waals surface area (Å²) in [5.41, 5.74) is 3.26. The first-order valence-corrected chi connectivity index (χ1v) is 9.37. The topological polar surface area (TPSA) is 16.1 Å². The van der Waals surface area contributed by atoms with Gasteiger partial charge >= 0.3 is 0 Å². The zero-order valence-corrected chi connectivity index (χ0v) is 16.1. The molecular weight excluding hydrogens is 354 g/mol. The summed E-state index contributed by atoms with van der Waals surface area (Å²) in [5, 5.41) is 0.250. The fraction of sp³-hybridized carbons (Fsp3) is 0.381. The van der Waals surface area contributed by atoms with Crippen LogP contribution in [0.2, 0.25) is 5.02 Å². The predicted molar refractivity (Wildman–Crippen MR) is 105 cm³/mol. The molecule has 1 fully saturated rings. The second kappa shape index (κ2) is 7.75. The van der Waals surface area contributed by atoms with E-state index < -0.39 is 11.6 Å². The van der Waals surface area contributed by atoms with Crippen LogP contribution in [0.15, 0.2) is 23.8 Å². The van der Waals surface area contributed by atoms with Crippen molar-refractivity contribution >= 4 is 23.4 Å². The number of nitrogens with zero attached hydrogens (tertiary/aromatic N) is 2. The van der Waals surface area contributed by atoms with E-state index in [1.165, 1.54) is 12.1 Å². The van der Waals surface area contributed by atoms with E-state index in [0.29, 0.717) is 11.4 Å². The van der Waals surface area contributed by atoms with E-state index in [1.54, 1.807) is 6.07 Å². The zero-order valence-electron chi connectivity index (χ0n) is 15.4. The second-order valence-electron chi connectivity index (χ2n) is 6.84. The molecule has 26 heavy (non-hydrogen) atoms. The fourth-order valence-corrected chi connectivity index (χ4v) is 3.50. The Hall–Kier alpha value is -1.94. The first kappa shape index (κ1) is 18.8. The molecule has 2 nitrogen and oxygen atoms in total. The first-order valence-electron chi connectivity index (χ1n) is 8.99. The van der Waals surface area contributed by atoms with Crippen LogP contribution in [-0.4, -0.2) is 18.1 Å². The number of rotatable bonds is 4. The minimum absolute atomic E-state index is 0.149. The first-order chi connectivity index (χ1) is 12.4. The van der Waals surface area contributed by atoms with Gasteiger partial charge in [0.05, 0.1) is 22.0 Å². The van der Waals surface area contributed by atoms with E-state index in [0.717, 1.165) is 43.5 Å².